The van der Waals surface area contributed by atoms with Gasteiger partial charge in [-0.1, -0.05) is 204 Å². The van der Waals surface area contributed by atoms with E-state index >= 15 is 0 Å². The van der Waals surface area contributed by atoms with Crippen LogP contribution in [0, 0.1) is 0 Å². The zero-order valence-corrected chi connectivity index (χ0v) is 34.8. The Kier molecular flexibility index (Phi) is 8.22. The molecule has 9 aromatic rings. The zero-order chi connectivity index (χ0) is 38.9. The van der Waals surface area contributed by atoms with E-state index in [1.165, 1.54) is 96.0 Å². The Balaban J connectivity index is 1.17. The number of hydrogen-bond acceptors (Lipinski definition) is 3. The largest absolute Gasteiger partial charge is 0.311 e. The van der Waals surface area contributed by atoms with Crippen LogP contribution >= 0.6 is 23.5 Å². The Hall–Kier alpha value is -6.24. The molecular formula is C54H36BNS2Si. The molecule has 3 heterocycles. The lowest BCUT2D eigenvalue weighted by Crippen LogP contribution is -2.77. The minimum Gasteiger partial charge on any atom is -0.311 e. The molecule has 12 rings (SSSR count). The number of hydrogen-bond donors (Lipinski definition) is 0. The van der Waals surface area contributed by atoms with E-state index in [9.17, 15) is 0 Å². The van der Waals surface area contributed by atoms with Gasteiger partial charge in [-0.25, -0.2) is 0 Å². The van der Waals surface area contributed by atoms with Gasteiger partial charge in [0.05, 0.1) is 0 Å². The van der Waals surface area contributed by atoms with Gasteiger partial charge >= 0.3 is 0 Å². The number of nitrogens with zero attached hydrogens (tertiary/aromatic N) is 1. The molecule has 0 bridgehead atoms. The first-order valence-corrected chi connectivity index (χ1v) is 23.9. The lowest BCUT2D eigenvalue weighted by atomic mass is 9.36. The summed E-state index contributed by atoms with van der Waals surface area (Å²) in [5.41, 5.74) is 12.8. The molecule has 0 atom stereocenters. The first-order chi connectivity index (χ1) is 29.3. The maximum atomic E-state index is 2.58. The van der Waals surface area contributed by atoms with Gasteiger partial charge in [-0.2, -0.15) is 0 Å². The number of benzene rings is 9. The van der Waals surface area contributed by atoms with Crippen LogP contribution in [0.5, 0.6) is 0 Å². The van der Waals surface area contributed by atoms with E-state index in [0.717, 1.165) is 0 Å². The quantitative estimate of drug-likeness (QED) is 0.160. The van der Waals surface area contributed by atoms with E-state index < -0.39 is 8.07 Å². The van der Waals surface area contributed by atoms with Gasteiger partial charge in [-0.3, -0.25) is 0 Å². The summed E-state index contributed by atoms with van der Waals surface area (Å²) in [5.74, 6) is 0. The molecule has 0 amide bonds. The Morgan fingerprint density at radius 2 is 0.831 bits per heavy atom. The highest BCUT2D eigenvalue weighted by molar-refractivity contribution is 8.01. The summed E-state index contributed by atoms with van der Waals surface area (Å²) in [6, 6.07) is 82.3. The topological polar surface area (TPSA) is 3.24 Å². The molecule has 0 saturated carbocycles. The van der Waals surface area contributed by atoms with Gasteiger partial charge in [0, 0.05) is 36.6 Å². The van der Waals surface area contributed by atoms with Crippen molar-refractivity contribution in [1.29, 1.82) is 0 Å². The summed E-state index contributed by atoms with van der Waals surface area (Å²) >= 11 is 3.83. The van der Waals surface area contributed by atoms with Crippen LogP contribution in [0.15, 0.2) is 238 Å². The van der Waals surface area contributed by atoms with E-state index in [-0.39, 0.29) is 6.71 Å². The maximum absolute atomic E-state index is 2.97. The molecule has 0 aliphatic carbocycles. The molecule has 59 heavy (non-hydrogen) atoms. The highest BCUT2D eigenvalue weighted by Gasteiger charge is 2.49. The van der Waals surface area contributed by atoms with Crippen LogP contribution in [0.3, 0.4) is 0 Å². The molecule has 1 nitrogen and oxygen atoms in total. The first-order valence-electron chi connectivity index (χ1n) is 20.3. The van der Waals surface area contributed by atoms with Crippen molar-refractivity contribution in [3.8, 4) is 22.3 Å². The average molecular weight is 802 g/mol. The Morgan fingerprint density at radius 1 is 0.356 bits per heavy atom. The van der Waals surface area contributed by atoms with Gasteiger partial charge in [0.1, 0.15) is 0 Å². The summed E-state index contributed by atoms with van der Waals surface area (Å²) in [7, 11) is -2.97. The lowest BCUT2D eigenvalue weighted by molar-refractivity contribution is 1.27. The van der Waals surface area contributed by atoms with Gasteiger partial charge in [0.2, 0.25) is 6.71 Å². The molecule has 9 aromatic carbocycles. The minimum atomic E-state index is -2.97. The molecule has 5 heteroatoms. The smallest absolute Gasteiger partial charge is 0.247 e. The second kappa shape index (κ2) is 14.0. The molecule has 3 aliphatic heterocycles. The Morgan fingerprint density at radius 3 is 1.39 bits per heavy atom. The minimum absolute atomic E-state index is 0.168. The van der Waals surface area contributed by atoms with Crippen LogP contribution in [0.4, 0.5) is 17.1 Å². The van der Waals surface area contributed by atoms with Gasteiger partial charge in [-0.05, 0) is 97.0 Å². The van der Waals surface area contributed by atoms with Gasteiger partial charge < -0.3 is 4.90 Å². The third-order valence-corrected chi connectivity index (χ3v) is 19.6. The monoisotopic (exact) mass is 801 g/mol. The van der Waals surface area contributed by atoms with Crippen LogP contribution < -0.4 is 42.0 Å². The number of rotatable bonds is 5. The predicted molar refractivity (Wildman–Crippen MR) is 255 cm³/mol. The van der Waals surface area contributed by atoms with Gasteiger partial charge in [0.15, 0.2) is 8.07 Å². The molecule has 0 spiro atoms. The summed E-state index contributed by atoms with van der Waals surface area (Å²) in [5, 5.41) is 5.55. The molecule has 276 valence electrons. The van der Waals surface area contributed by atoms with Crippen molar-refractivity contribution in [2.45, 2.75) is 19.6 Å². The third-order valence-electron chi connectivity index (χ3n) is 12.5. The highest BCUT2D eigenvalue weighted by atomic mass is 32.2. The highest BCUT2D eigenvalue weighted by Crippen LogP contribution is 2.43. The van der Waals surface area contributed by atoms with E-state index in [2.05, 4.69) is 223 Å². The normalized spacial score (nSPS) is 14.0. The van der Waals surface area contributed by atoms with Crippen LogP contribution in [0.25, 0.3) is 22.3 Å². The van der Waals surface area contributed by atoms with E-state index in [4.69, 9.17) is 0 Å². The van der Waals surface area contributed by atoms with Crippen LogP contribution in [-0.2, 0) is 0 Å². The van der Waals surface area contributed by atoms with Gasteiger partial charge in [-0.15, -0.1) is 0 Å². The molecule has 3 aliphatic rings. The van der Waals surface area contributed by atoms with Crippen molar-refractivity contribution in [3.63, 3.8) is 0 Å². The van der Waals surface area contributed by atoms with Gasteiger partial charge in [0.25, 0.3) is 0 Å². The summed E-state index contributed by atoms with van der Waals surface area (Å²) in [6.45, 7) is 0.168. The van der Waals surface area contributed by atoms with Crippen LogP contribution in [0.2, 0.25) is 0 Å². The summed E-state index contributed by atoms with van der Waals surface area (Å²) in [6.07, 6.45) is 0. The van der Waals surface area contributed by atoms with E-state index in [1.54, 1.807) is 0 Å². The third kappa shape index (κ3) is 5.42. The molecule has 0 radical (unpaired) electrons. The van der Waals surface area contributed by atoms with Crippen LogP contribution in [-0.4, -0.2) is 14.8 Å². The Labute approximate surface area is 355 Å². The van der Waals surface area contributed by atoms with Crippen molar-refractivity contribution in [3.05, 3.63) is 218 Å². The molecule has 0 N–H and O–H groups in total. The SMILES string of the molecule is c1ccc(-c2ccc3c(c2)[Si](c2ccccc2)(c2ccccc2)c2cc(-c4ccccc4)ccc2N3c2ccc3c(c2)B2c4ccccc4Sc4cccc(c42)S3)cc1. The number of fused-ring (bicyclic) bond motifs is 6. The second-order valence-corrected chi connectivity index (χ2v) is 21.5. The van der Waals surface area contributed by atoms with Crippen molar-refractivity contribution in [2.24, 2.45) is 0 Å². The zero-order valence-electron chi connectivity index (χ0n) is 32.1. The fraction of sp³-hybridized carbons (Fsp3) is 0. The maximum Gasteiger partial charge on any atom is 0.247 e. The van der Waals surface area contributed by atoms with E-state index in [1.807, 2.05) is 23.5 Å². The average Bonchev–Trinajstić information content (AvgIpc) is 3.31. The second-order valence-electron chi connectivity index (χ2n) is 15.6. The Bertz CT molecular complexity index is 2920. The predicted octanol–water partition coefficient (Wildman–Crippen LogP) is 9.63. The summed E-state index contributed by atoms with van der Waals surface area (Å²) in [4.78, 5) is 8.00. The molecule has 0 unspecified atom stereocenters. The fourth-order valence-corrected chi connectivity index (χ4v) is 17.5. The van der Waals surface area contributed by atoms with Crippen molar-refractivity contribution in [2.75, 3.05) is 4.90 Å². The lowest BCUT2D eigenvalue weighted by Gasteiger charge is -2.45. The number of anilines is 3. The van der Waals surface area contributed by atoms with E-state index in [0.29, 0.717) is 0 Å². The first kappa shape index (κ1) is 34.8. The molecule has 0 fully saturated rings. The van der Waals surface area contributed by atoms with Crippen molar-refractivity contribution < 1.29 is 0 Å². The van der Waals surface area contributed by atoms with Crippen molar-refractivity contribution in [1.82, 2.24) is 0 Å². The molecule has 0 aromatic heterocycles. The van der Waals surface area contributed by atoms with Crippen LogP contribution in [0.1, 0.15) is 0 Å². The molecule has 0 saturated heterocycles. The summed E-state index contributed by atoms with van der Waals surface area (Å²) < 4.78 is 0. The van der Waals surface area contributed by atoms with Crippen molar-refractivity contribution >= 4 is 92.5 Å². The molecular weight excluding hydrogens is 766 g/mol. The standard InChI is InChI=1S/C54H36BNS2Si/c1-5-16-37(17-6-1)39-28-31-46-52(34-39)59(42-20-9-3-10-21-42,43-22-11-4-12-23-43)53-35-40(38-18-7-2-8-19-38)29-32-47(53)56(46)41-30-33-49-45(36-41)55-44-24-13-14-25-48(44)57-50-26-15-27-51(58-49)54(50)55/h1-36H. The fourth-order valence-electron chi connectivity index (χ4n) is 9.91.